The van der Waals surface area contributed by atoms with E-state index in [9.17, 15) is 47.7 Å². The van der Waals surface area contributed by atoms with Crippen molar-refractivity contribution in [3.8, 4) is 0 Å². The molecule has 0 N–H and O–H groups in total. The van der Waals surface area contributed by atoms with Crippen LogP contribution >= 0.6 is 8.25 Å². The van der Waals surface area contributed by atoms with Crippen LogP contribution in [0.5, 0.6) is 0 Å². The summed E-state index contributed by atoms with van der Waals surface area (Å²) in [5.74, 6) is 0. The van der Waals surface area contributed by atoms with E-state index in [1.54, 1.807) is 0 Å². The molecular formula is C2F6O7PS2+. The molecule has 0 fully saturated rings. The van der Waals surface area contributed by atoms with Gasteiger partial charge in [-0.05, 0) is 0 Å². The Balaban J connectivity index is 4.98. The van der Waals surface area contributed by atoms with Gasteiger partial charge in [-0.3, -0.25) is 0 Å². The second-order valence-corrected chi connectivity index (χ2v) is 6.55. The van der Waals surface area contributed by atoms with Gasteiger partial charge in [0.25, 0.3) is 0 Å². The highest BCUT2D eigenvalue weighted by Crippen LogP contribution is 2.39. The van der Waals surface area contributed by atoms with Crippen LogP contribution in [0.2, 0.25) is 0 Å². The summed E-state index contributed by atoms with van der Waals surface area (Å²) < 4.78 is 125. The van der Waals surface area contributed by atoms with Gasteiger partial charge in [0.1, 0.15) is 0 Å². The lowest BCUT2D eigenvalue weighted by Gasteiger charge is -2.01. The van der Waals surface area contributed by atoms with Crippen LogP contribution in [0, 0.1) is 0 Å². The van der Waals surface area contributed by atoms with E-state index in [2.05, 4.69) is 7.94 Å². The molecule has 0 saturated carbocycles. The average Bonchev–Trinajstić information content (AvgIpc) is 1.95. The van der Waals surface area contributed by atoms with Gasteiger partial charge in [-0.15, -0.1) is 0 Å². The van der Waals surface area contributed by atoms with Gasteiger partial charge in [0, 0.05) is 12.5 Å². The SMILES string of the molecule is O=[P+](OS(=O)(=O)C(F)(F)F)OS(=O)(=O)C(F)(F)F. The maximum atomic E-state index is 11.6. The van der Waals surface area contributed by atoms with E-state index >= 15 is 0 Å². The summed E-state index contributed by atoms with van der Waals surface area (Å²) in [6.07, 6.45) is 0. The third kappa shape index (κ3) is 4.31. The molecule has 7 nitrogen and oxygen atoms in total. The summed E-state index contributed by atoms with van der Waals surface area (Å²) in [6, 6.07) is 0. The number of hydrogen-bond donors (Lipinski definition) is 0. The highest BCUT2D eigenvalue weighted by molar-refractivity contribution is 7.93. The van der Waals surface area contributed by atoms with Crippen molar-refractivity contribution in [1.82, 2.24) is 0 Å². The van der Waals surface area contributed by atoms with E-state index in [1.165, 1.54) is 0 Å². The van der Waals surface area contributed by atoms with Crippen LogP contribution in [0.25, 0.3) is 0 Å². The second kappa shape index (κ2) is 4.88. The molecule has 0 unspecified atom stereocenters. The Bertz CT molecular complexity index is 477. The Morgan fingerprint density at radius 2 is 0.944 bits per heavy atom. The quantitative estimate of drug-likeness (QED) is 0.431. The number of halogens is 6. The van der Waals surface area contributed by atoms with E-state index in [0.717, 1.165) is 0 Å². The molecule has 0 aromatic rings. The number of rotatable bonds is 4. The molecule has 0 saturated heterocycles. The van der Waals surface area contributed by atoms with Gasteiger partial charge in [0.2, 0.25) is 0 Å². The van der Waals surface area contributed by atoms with Crippen molar-refractivity contribution in [2.24, 2.45) is 0 Å². The highest BCUT2D eigenvalue weighted by Gasteiger charge is 2.59. The van der Waals surface area contributed by atoms with Crippen molar-refractivity contribution in [2.75, 3.05) is 0 Å². The second-order valence-electron chi connectivity index (χ2n) is 2.17. The maximum absolute atomic E-state index is 11.6. The topological polar surface area (TPSA) is 104 Å². The van der Waals surface area contributed by atoms with Crippen LogP contribution in [0.3, 0.4) is 0 Å². The smallest absolute Gasteiger partial charge is 0.186 e. The van der Waals surface area contributed by atoms with Crippen LogP contribution in [0.4, 0.5) is 26.3 Å². The van der Waals surface area contributed by atoms with Gasteiger partial charge in [0.05, 0.1) is 0 Å². The molecule has 108 valence electrons. The lowest BCUT2D eigenvalue weighted by atomic mass is 11.6. The van der Waals surface area contributed by atoms with Crippen molar-refractivity contribution >= 4 is 28.5 Å². The maximum Gasteiger partial charge on any atom is 0.732 e. The van der Waals surface area contributed by atoms with Crippen molar-refractivity contribution in [3.63, 3.8) is 0 Å². The summed E-state index contributed by atoms with van der Waals surface area (Å²) >= 11 is 0. The zero-order valence-corrected chi connectivity index (χ0v) is 9.92. The van der Waals surface area contributed by atoms with E-state index in [-0.39, 0.29) is 0 Å². The van der Waals surface area contributed by atoms with Gasteiger partial charge in [-0.2, -0.15) is 43.2 Å². The molecule has 0 aliphatic heterocycles. The van der Waals surface area contributed by atoms with E-state index in [0.29, 0.717) is 0 Å². The van der Waals surface area contributed by atoms with Gasteiger partial charge in [0.15, 0.2) is 0 Å². The predicted octanol–water partition coefficient (Wildman–Crippen LogP) is 1.38. The Labute approximate surface area is 95.9 Å². The highest BCUT2D eigenvalue weighted by atomic mass is 32.2. The molecule has 0 aromatic carbocycles. The lowest BCUT2D eigenvalue weighted by Crippen LogP contribution is -2.26. The summed E-state index contributed by atoms with van der Waals surface area (Å²) in [4.78, 5) is 0. The zero-order valence-electron chi connectivity index (χ0n) is 7.39. The molecule has 0 spiro atoms. The fourth-order valence-corrected chi connectivity index (χ4v) is 2.54. The van der Waals surface area contributed by atoms with Crippen LogP contribution in [0.1, 0.15) is 0 Å². The van der Waals surface area contributed by atoms with Crippen LogP contribution in [-0.2, 0) is 32.7 Å². The summed E-state index contributed by atoms with van der Waals surface area (Å²) in [5.41, 5.74) is -12.2. The first-order valence-corrected chi connectivity index (χ1v) is 7.00. The molecule has 0 aliphatic carbocycles. The van der Waals surface area contributed by atoms with E-state index in [1.807, 2.05) is 0 Å². The van der Waals surface area contributed by atoms with Gasteiger partial charge < -0.3 is 0 Å². The Hall–Kier alpha value is -0.500. The third-order valence-electron chi connectivity index (χ3n) is 0.885. The molecule has 16 heteroatoms. The van der Waals surface area contributed by atoms with Gasteiger partial charge in [-0.1, -0.05) is 0 Å². The summed E-state index contributed by atoms with van der Waals surface area (Å²) in [5, 5.41) is 0. The number of hydrogen-bond acceptors (Lipinski definition) is 7. The standard InChI is InChI=1S/C2F6O7PS2/c3-1(4,5)17(10,11)14-16(9)15-18(12,13)2(6,7)8/q+1. The van der Waals surface area contributed by atoms with Crippen molar-refractivity contribution < 1.29 is 55.7 Å². The fraction of sp³-hybridized carbons (Fsp3) is 1.00. The summed E-state index contributed by atoms with van der Waals surface area (Å²) in [6.45, 7) is 0. The van der Waals surface area contributed by atoms with Gasteiger partial charge in [-0.25, -0.2) is 0 Å². The summed E-state index contributed by atoms with van der Waals surface area (Å²) in [7, 11) is -17.9. The first-order chi connectivity index (χ1) is 7.60. The zero-order chi connectivity index (χ0) is 15.0. The molecule has 0 amide bonds. The first-order valence-electron chi connectivity index (χ1n) is 3.09. The minimum atomic E-state index is -6.56. The Kier molecular flexibility index (Phi) is 4.74. The molecule has 0 aromatic heterocycles. The largest absolute Gasteiger partial charge is 0.732 e. The fourth-order valence-electron chi connectivity index (χ4n) is 0.257. The van der Waals surface area contributed by atoms with Crippen molar-refractivity contribution in [3.05, 3.63) is 0 Å². The molecule has 0 atom stereocenters. The minimum absolute atomic E-state index is 2.59. The van der Waals surface area contributed by atoms with Crippen molar-refractivity contribution in [1.29, 1.82) is 0 Å². The van der Waals surface area contributed by atoms with Crippen LogP contribution in [0.15, 0.2) is 0 Å². The molecular weight excluding hydrogens is 345 g/mol. The molecule has 0 rings (SSSR count). The molecule has 0 bridgehead atoms. The Morgan fingerprint density at radius 3 is 1.11 bits per heavy atom. The van der Waals surface area contributed by atoms with E-state index < -0.39 is 39.5 Å². The Morgan fingerprint density at radius 1 is 0.722 bits per heavy atom. The molecule has 0 radical (unpaired) electrons. The predicted molar refractivity (Wildman–Crippen MR) is 39.7 cm³/mol. The molecule has 18 heavy (non-hydrogen) atoms. The monoisotopic (exact) mass is 345 g/mol. The van der Waals surface area contributed by atoms with Crippen LogP contribution < -0.4 is 0 Å². The average molecular weight is 345 g/mol. The van der Waals surface area contributed by atoms with Crippen molar-refractivity contribution in [2.45, 2.75) is 11.0 Å². The van der Waals surface area contributed by atoms with Crippen LogP contribution in [-0.4, -0.2) is 27.9 Å². The van der Waals surface area contributed by atoms with Gasteiger partial charge >= 0.3 is 39.5 Å². The lowest BCUT2D eigenvalue weighted by molar-refractivity contribution is -0.0515. The normalized spacial score (nSPS) is 14.6. The first kappa shape index (κ1) is 17.5. The van der Waals surface area contributed by atoms with E-state index in [4.69, 9.17) is 0 Å². The third-order valence-corrected chi connectivity index (χ3v) is 4.56. The minimum Gasteiger partial charge on any atom is -0.186 e. The molecule has 0 aliphatic rings. The number of alkyl halides is 6. The molecule has 0 heterocycles.